The lowest BCUT2D eigenvalue weighted by molar-refractivity contribution is -0.134. The topological polar surface area (TPSA) is 17.1 Å². The van der Waals surface area contributed by atoms with E-state index in [1.54, 1.807) is 0 Å². The molecule has 0 heterocycles. The molecule has 2 rings (SSSR count). The first kappa shape index (κ1) is 11.6. The van der Waals surface area contributed by atoms with Crippen LogP contribution in [0.5, 0.6) is 0 Å². The Bertz CT molecular complexity index is 377. The number of fused-ring (bicyclic) bond motifs is 2. The van der Waals surface area contributed by atoms with E-state index in [4.69, 9.17) is 0 Å². The van der Waals surface area contributed by atoms with Crippen LogP contribution in [0.25, 0.3) is 0 Å². The lowest BCUT2D eigenvalue weighted by Gasteiger charge is -2.51. The summed E-state index contributed by atoms with van der Waals surface area (Å²) >= 11 is 0. The average molecular weight is 218 g/mol. The van der Waals surface area contributed by atoms with Gasteiger partial charge in [0.1, 0.15) is 5.78 Å². The molecule has 0 amide bonds. The Morgan fingerprint density at radius 2 is 2.12 bits per heavy atom. The quantitative estimate of drug-likeness (QED) is 0.612. The Balaban J connectivity index is 2.49. The Morgan fingerprint density at radius 3 is 2.69 bits per heavy atom. The van der Waals surface area contributed by atoms with Crippen molar-refractivity contribution >= 4 is 5.78 Å². The fourth-order valence-electron chi connectivity index (χ4n) is 3.57. The Hall–Kier alpha value is -0.850. The summed E-state index contributed by atoms with van der Waals surface area (Å²) < 4.78 is 0. The third-order valence-corrected chi connectivity index (χ3v) is 5.17. The second-order valence-electron chi connectivity index (χ2n) is 5.83. The molecule has 2 bridgehead atoms. The molecule has 0 aromatic rings. The van der Waals surface area contributed by atoms with Gasteiger partial charge in [-0.2, -0.15) is 0 Å². The number of rotatable bonds is 1. The van der Waals surface area contributed by atoms with Crippen molar-refractivity contribution < 1.29 is 4.79 Å². The van der Waals surface area contributed by atoms with Crippen LogP contribution in [0.4, 0.5) is 0 Å². The van der Waals surface area contributed by atoms with Gasteiger partial charge in [-0.3, -0.25) is 4.79 Å². The summed E-state index contributed by atoms with van der Waals surface area (Å²) in [6.07, 6.45) is 4.33. The van der Waals surface area contributed by atoms with Crippen molar-refractivity contribution in [3.8, 4) is 0 Å². The zero-order valence-corrected chi connectivity index (χ0v) is 10.8. The van der Waals surface area contributed by atoms with Crippen molar-refractivity contribution in [1.29, 1.82) is 0 Å². The maximum Gasteiger partial charge on any atom is 0.143 e. The van der Waals surface area contributed by atoms with Crippen molar-refractivity contribution in [2.24, 2.45) is 23.2 Å². The fourth-order valence-corrected chi connectivity index (χ4v) is 3.57. The molecule has 0 aliphatic heterocycles. The van der Waals surface area contributed by atoms with Gasteiger partial charge in [0, 0.05) is 11.8 Å². The van der Waals surface area contributed by atoms with E-state index in [1.807, 2.05) is 0 Å². The second-order valence-corrected chi connectivity index (χ2v) is 5.83. The second kappa shape index (κ2) is 3.58. The van der Waals surface area contributed by atoms with Gasteiger partial charge in [-0.05, 0) is 38.0 Å². The van der Waals surface area contributed by atoms with E-state index < -0.39 is 0 Å². The van der Waals surface area contributed by atoms with Gasteiger partial charge in [0.2, 0.25) is 0 Å². The molecule has 0 aromatic heterocycles. The van der Waals surface area contributed by atoms with E-state index in [2.05, 4.69) is 40.3 Å². The third kappa shape index (κ3) is 1.33. The summed E-state index contributed by atoms with van der Waals surface area (Å²) in [7, 11) is 0. The van der Waals surface area contributed by atoms with Crippen molar-refractivity contribution in [2.75, 3.05) is 0 Å². The molecule has 0 saturated heterocycles. The van der Waals surface area contributed by atoms with E-state index in [-0.39, 0.29) is 17.3 Å². The molecule has 0 aromatic carbocycles. The van der Waals surface area contributed by atoms with Crippen molar-refractivity contribution in [3.05, 3.63) is 23.8 Å². The molecule has 0 spiro atoms. The van der Waals surface area contributed by atoms with Crippen molar-refractivity contribution in [2.45, 2.75) is 40.5 Å². The molecule has 4 atom stereocenters. The third-order valence-electron chi connectivity index (χ3n) is 5.17. The van der Waals surface area contributed by atoms with Crippen LogP contribution in [0, 0.1) is 23.2 Å². The molecule has 2 aliphatic rings. The monoisotopic (exact) mass is 218 g/mol. The van der Waals surface area contributed by atoms with E-state index in [1.165, 1.54) is 11.1 Å². The van der Waals surface area contributed by atoms with Crippen LogP contribution in [0.2, 0.25) is 0 Å². The van der Waals surface area contributed by atoms with Crippen LogP contribution in [0.15, 0.2) is 23.8 Å². The number of Topliss-reactive ketones (excluding diaryl/α,β-unsaturated/α-hetero) is 1. The van der Waals surface area contributed by atoms with E-state index in [9.17, 15) is 4.79 Å². The predicted molar refractivity (Wildman–Crippen MR) is 67.1 cm³/mol. The maximum atomic E-state index is 12.3. The number of hydrogen-bond acceptors (Lipinski definition) is 1. The Labute approximate surface area is 98.6 Å². The molecule has 16 heavy (non-hydrogen) atoms. The SMILES string of the molecule is C=C(C)C12CC=C(C)C(C1)C(=O)C(C)C2C. The van der Waals surface area contributed by atoms with Gasteiger partial charge < -0.3 is 0 Å². The number of ketones is 1. The lowest BCUT2D eigenvalue weighted by atomic mass is 9.52. The van der Waals surface area contributed by atoms with Crippen molar-refractivity contribution in [1.82, 2.24) is 0 Å². The maximum absolute atomic E-state index is 12.3. The van der Waals surface area contributed by atoms with E-state index in [0.29, 0.717) is 11.7 Å². The van der Waals surface area contributed by atoms with E-state index in [0.717, 1.165) is 12.8 Å². The molecule has 4 unspecified atom stereocenters. The van der Waals surface area contributed by atoms with Gasteiger partial charge in [0.05, 0.1) is 0 Å². The molecule has 1 saturated carbocycles. The van der Waals surface area contributed by atoms with Crippen LogP contribution in [0.1, 0.15) is 40.5 Å². The molecule has 1 fully saturated rings. The van der Waals surface area contributed by atoms with Gasteiger partial charge in [-0.15, -0.1) is 0 Å². The zero-order valence-electron chi connectivity index (χ0n) is 10.8. The molecular formula is C15H22O. The minimum Gasteiger partial charge on any atom is -0.299 e. The molecule has 88 valence electrons. The summed E-state index contributed by atoms with van der Waals surface area (Å²) in [4.78, 5) is 12.3. The van der Waals surface area contributed by atoms with E-state index >= 15 is 0 Å². The van der Waals surface area contributed by atoms with Crippen LogP contribution in [0.3, 0.4) is 0 Å². The van der Waals surface area contributed by atoms with Crippen LogP contribution >= 0.6 is 0 Å². The van der Waals surface area contributed by atoms with Gasteiger partial charge in [-0.1, -0.05) is 37.6 Å². The molecule has 2 aliphatic carbocycles. The van der Waals surface area contributed by atoms with Gasteiger partial charge in [0.25, 0.3) is 0 Å². The number of hydrogen-bond donors (Lipinski definition) is 0. The first-order valence-corrected chi connectivity index (χ1v) is 6.26. The van der Waals surface area contributed by atoms with Gasteiger partial charge in [0.15, 0.2) is 0 Å². The fraction of sp³-hybridized carbons (Fsp3) is 0.667. The highest BCUT2D eigenvalue weighted by Gasteiger charge is 2.51. The summed E-state index contributed by atoms with van der Waals surface area (Å²) in [6, 6.07) is 0. The Kier molecular flexibility index (Phi) is 2.60. The number of carbonyl (C=O) groups excluding carboxylic acids is 1. The lowest BCUT2D eigenvalue weighted by Crippen LogP contribution is -2.48. The largest absolute Gasteiger partial charge is 0.299 e. The molecule has 1 nitrogen and oxygen atoms in total. The Morgan fingerprint density at radius 1 is 1.50 bits per heavy atom. The molecular weight excluding hydrogens is 196 g/mol. The van der Waals surface area contributed by atoms with Crippen molar-refractivity contribution in [3.63, 3.8) is 0 Å². The average Bonchev–Trinajstić information content (AvgIpc) is 2.25. The summed E-state index contributed by atoms with van der Waals surface area (Å²) in [5.74, 6) is 1.21. The highest BCUT2D eigenvalue weighted by molar-refractivity contribution is 5.87. The smallest absolute Gasteiger partial charge is 0.143 e. The highest BCUT2D eigenvalue weighted by atomic mass is 16.1. The predicted octanol–water partition coefficient (Wildman–Crippen LogP) is 3.76. The zero-order chi connectivity index (χ0) is 12.1. The number of allylic oxidation sites excluding steroid dienone is 3. The molecule has 1 heteroatoms. The molecule has 0 N–H and O–H groups in total. The minimum atomic E-state index is 0.164. The van der Waals surface area contributed by atoms with Crippen LogP contribution in [-0.2, 0) is 4.79 Å². The first-order valence-electron chi connectivity index (χ1n) is 6.26. The number of carbonyl (C=O) groups is 1. The normalized spacial score (nSPS) is 42.9. The first-order chi connectivity index (χ1) is 7.40. The minimum absolute atomic E-state index is 0.164. The highest BCUT2D eigenvalue weighted by Crippen LogP contribution is 2.55. The van der Waals surface area contributed by atoms with Gasteiger partial charge in [-0.25, -0.2) is 0 Å². The van der Waals surface area contributed by atoms with Crippen LogP contribution in [-0.4, -0.2) is 5.78 Å². The van der Waals surface area contributed by atoms with Crippen LogP contribution < -0.4 is 0 Å². The summed E-state index contributed by atoms with van der Waals surface area (Å²) in [5, 5.41) is 0. The summed E-state index contributed by atoms with van der Waals surface area (Å²) in [5.41, 5.74) is 2.71. The van der Waals surface area contributed by atoms with Gasteiger partial charge >= 0.3 is 0 Å². The molecule has 0 radical (unpaired) electrons. The summed E-state index contributed by atoms with van der Waals surface area (Å²) in [6.45, 7) is 12.7. The standard InChI is InChI=1S/C15H22O/c1-9(2)15-7-6-10(3)13(8-15)14(16)11(4)12(15)5/h6,11-13H,1,7-8H2,2-5H3.